The van der Waals surface area contributed by atoms with Gasteiger partial charge in [-0.1, -0.05) is 0 Å². The molecule has 2 amide bonds. The molecule has 3 N–H and O–H groups in total. The summed E-state index contributed by atoms with van der Waals surface area (Å²) in [6.45, 7) is 7.71. The van der Waals surface area contributed by atoms with Gasteiger partial charge in [0.05, 0.1) is 0 Å². The number of amides is 2. The Balaban J connectivity index is 3.74. The minimum atomic E-state index is -0.219. The van der Waals surface area contributed by atoms with Crippen LogP contribution in [-0.2, 0) is 0 Å². The highest BCUT2D eigenvalue weighted by Gasteiger charge is 2.14. The molecule has 0 saturated heterocycles. The lowest BCUT2D eigenvalue weighted by atomic mass is 10.1. The van der Waals surface area contributed by atoms with Gasteiger partial charge in [0.1, 0.15) is 0 Å². The van der Waals surface area contributed by atoms with E-state index in [1.807, 2.05) is 27.7 Å². The number of carbonyl (C=O) groups is 1. The quantitative estimate of drug-likeness (QED) is 0.615. The smallest absolute Gasteiger partial charge is 0.315 e. The van der Waals surface area contributed by atoms with Crippen molar-refractivity contribution in [3.8, 4) is 0 Å². The van der Waals surface area contributed by atoms with Crippen LogP contribution in [0.3, 0.4) is 0 Å². The van der Waals surface area contributed by atoms with Crippen LogP contribution < -0.4 is 10.6 Å². The highest BCUT2D eigenvalue weighted by atomic mass is 16.3. The van der Waals surface area contributed by atoms with Crippen molar-refractivity contribution in [3.63, 3.8) is 0 Å². The zero-order valence-electron chi connectivity index (χ0n) is 8.85. The zero-order valence-corrected chi connectivity index (χ0v) is 8.85. The molecule has 0 aromatic heterocycles. The van der Waals surface area contributed by atoms with Crippen molar-refractivity contribution in [2.75, 3.05) is 6.61 Å². The molecule has 13 heavy (non-hydrogen) atoms. The standard InChI is InChI=1S/C9H20N2O2/c1-7(5-6-12)10-8(13)11-9(2,3)4/h7,12H,5-6H2,1-4H3,(H2,10,11,13). The molecule has 0 aliphatic carbocycles. The van der Waals surface area contributed by atoms with Crippen LogP contribution in [0.5, 0.6) is 0 Å². The maximum absolute atomic E-state index is 11.2. The molecule has 0 aromatic carbocycles. The Bertz CT molecular complexity index is 163. The Morgan fingerprint density at radius 1 is 1.46 bits per heavy atom. The number of rotatable bonds is 3. The molecule has 0 bridgehead atoms. The van der Waals surface area contributed by atoms with Gasteiger partial charge in [-0.05, 0) is 34.1 Å². The summed E-state index contributed by atoms with van der Waals surface area (Å²) in [5.41, 5.74) is -0.219. The molecule has 1 unspecified atom stereocenters. The largest absolute Gasteiger partial charge is 0.396 e. The molecular formula is C9H20N2O2. The SMILES string of the molecule is CC(CCO)NC(=O)NC(C)(C)C. The molecule has 0 heterocycles. The van der Waals surface area contributed by atoms with Crippen LogP contribution in [0, 0.1) is 0 Å². The van der Waals surface area contributed by atoms with Crippen LogP contribution >= 0.6 is 0 Å². The first-order valence-corrected chi connectivity index (χ1v) is 4.54. The summed E-state index contributed by atoms with van der Waals surface area (Å²) >= 11 is 0. The molecule has 0 fully saturated rings. The van der Waals surface area contributed by atoms with Crippen molar-refractivity contribution in [2.24, 2.45) is 0 Å². The number of aliphatic hydroxyl groups is 1. The van der Waals surface area contributed by atoms with Gasteiger partial charge < -0.3 is 15.7 Å². The van der Waals surface area contributed by atoms with Gasteiger partial charge in [0.25, 0.3) is 0 Å². The molecule has 0 rings (SSSR count). The second kappa shape index (κ2) is 5.07. The van der Waals surface area contributed by atoms with E-state index in [0.29, 0.717) is 6.42 Å². The monoisotopic (exact) mass is 188 g/mol. The van der Waals surface area contributed by atoms with E-state index in [2.05, 4.69) is 10.6 Å². The number of hydrogen-bond donors (Lipinski definition) is 3. The van der Waals surface area contributed by atoms with Gasteiger partial charge in [-0.3, -0.25) is 0 Å². The first-order valence-electron chi connectivity index (χ1n) is 4.54. The fourth-order valence-electron chi connectivity index (χ4n) is 0.866. The number of aliphatic hydroxyl groups excluding tert-OH is 1. The number of urea groups is 1. The summed E-state index contributed by atoms with van der Waals surface area (Å²) in [7, 11) is 0. The molecule has 1 atom stereocenters. The molecule has 0 aliphatic rings. The van der Waals surface area contributed by atoms with Crippen LogP contribution in [0.4, 0.5) is 4.79 Å². The van der Waals surface area contributed by atoms with Gasteiger partial charge in [0.2, 0.25) is 0 Å². The fraction of sp³-hybridized carbons (Fsp3) is 0.889. The molecule has 4 nitrogen and oxygen atoms in total. The number of nitrogens with one attached hydrogen (secondary N) is 2. The minimum absolute atomic E-state index is 0.00681. The predicted octanol–water partition coefficient (Wildman–Crippen LogP) is 0.855. The van der Waals surface area contributed by atoms with Crippen molar-refractivity contribution >= 4 is 6.03 Å². The van der Waals surface area contributed by atoms with Crippen molar-refractivity contribution in [2.45, 2.75) is 45.7 Å². The van der Waals surface area contributed by atoms with Gasteiger partial charge in [-0.25, -0.2) is 4.79 Å². The molecule has 0 aliphatic heterocycles. The Morgan fingerprint density at radius 2 is 2.00 bits per heavy atom. The second-order valence-electron chi connectivity index (χ2n) is 4.26. The van der Waals surface area contributed by atoms with Gasteiger partial charge in [0, 0.05) is 18.2 Å². The average Bonchev–Trinajstić information content (AvgIpc) is 1.81. The summed E-state index contributed by atoms with van der Waals surface area (Å²) in [5.74, 6) is 0. The Kier molecular flexibility index (Phi) is 4.77. The van der Waals surface area contributed by atoms with Crippen molar-refractivity contribution in [3.05, 3.63) is 0 Å². The number of carbonyl (C=O) groups excluding carboxylic acids is 1. The van der Waals surface area contributed by atoms with E-state index in [9.17, 15) is 4.79 Å². The van der Waals surface area contributed by atoms with Gasteiger partial charge >= 0.3 is 6.03 Å². The molecule has 0 radical (unpaired) electrons. The third-order valence-electron chi connectivity index (χ3n) is 1.43. The van der Waals surface area contributed by atoms with Gasteiger partial charge in [-0.15, -0.1) is 0 Å². The second-order valence-corrected chi connectivity index (χ2v) is 4.26. The highest BCUT2D eigenvalue weighted by Crippen LogP contribution is 1.98. The third kappa shape index (κ3) is 7.59. The maximum Gasteiger partial charge on any atom is 0.315 e. The van der Waals surface area contributed by atoms with Crippen LogP contribution in [0.1, 0.15) is 34.1 Å². The van der Waals surface area contributed by atoms with Crippen LogP contribution in [0.25, 0.3) is 0 Å². The third-order valence-corrected chi connectivity index (χ3v) is 1.43. The maximum atomic E-state index is 11.2. The van der Waals surface area contributed by atoms with E-state index in [0.717, 1.165) is 0 Å². The Hall–Kier alpha value is -0.770. The van der Waals surface area contributed by atoms with Crippen LogP contribution in [0.15, 0.2) is 0 Å². The lowest BCUT2D eigenvalue weighted by Crippen LogP contribution is -2.49. The van der Waals surface area contributed by atoms with Crippen LogP contribution in [-0.4, -0.2) is 29.3 Å². The molecule has 0 spiro atoms. The number of hydrogen-bond acceptors (Lipinski definition) is 2. The molecule has 0 saturated carbocycles. The lowest BCUT2D eigenvalue weighted by molar-refractivity contribution is 0.223. The van der Waals surface area contributed by atoms with E-state index >= 15 is 0 Å². The van der Waals surface area contributed by atoms with Crippen LogP contribution in [0.2, 0.25) is 0 Å². The first kappa shape index (κ1) is 12.2. The summed E-state index contributed by atoms with van der Waals surface area (Å²) in [4.78, 5) is 11.2. The first-order chi connectivity index (χ1) is 5.85. The topological polar surface area (TPSA) is 61.4 Å². The van der Waals surface area contributed by atoms with E-state index in [4.69, 9.17) is 5.11 Å². The minimum Gasteiger partial charge on any atom is -0.396 e. The molecule has 78 valence electrons. The summed E-state index contributed by atoms with van der Waals surface area (Å²) in [5, 5.41) is 14.1. The van der Waals surface area contributed by atoms with E-state index in [1.165, 1.54) is 0 Å². The van der Waals surface area contributed by atoms with Crippen molar-refractivity contribution < 1.29 is 9.90 Å². The Labute approximate surface area is 79.7 Å². The highest BCUT2D eigenvalue weighted by molar-refractivity contribution is 5.74. The van der Waals surface area contributed by atoms with E-state index in [-0.39, 0.29) is 24.2 Å². The van der Waals surface area contributed by atoms with E-state index < -0.39 is 0 Å². The van der Waals surface area contributed by atoms with E-state index in [1.54, 1.807) is 0 Å². The fourth-order valence-corrected chi connectivity index (χ4v) is 0.866. The summed E-state index contributed by atoms with van der Waals surface area (Å²) in [6.07, 6.45) is 0.581. The lowest BCUT2D eigenvalue weighted by Gasteiger charge is -2.22. The zero-order chi connectivity index (χ0) is 10.5. The predicted molar refractivity (Wildman–Crippen MR) is 52.6 cm³/mol. The van der Waals surface area contributed by atoms with Gasteiger partial charge in [0.15, 0.2) is 0 Å². The molecule has 0 aromatic rings. The Morgan fingerprint density at radius 3 is 2.38 bits per heavy atom. The normalized spacial score (nSPS) is 13.6. The average molecular weight is 188 g/mol. The van der Waals surface area contributed by atoms with Crippen molar-refractivity contribution in [1.29, 1.82) is 0 Å². The van der Waals surface area contributed by atoms with Gasteiger partial charge in [-0.2, -0.15) is 0 Å². The molecular weight excluding hydrogens is 168 g/mol. The van der Waals surface area contributed by atoms with Crippen molar-refractivity contribution in [1.82, 2.24) is 10.6 Å². The summed E-state index contributed by atoms with van der Waals surface area (Å²) in [6, 6.07) is -0.180. The molecule has 4 heteroatoms. The summed E-state index contributed by atoms with van der Waals surface area (Å²) < 4.78 is 0.